The zero-order chi connectivity index (χ0) is 20.3. The number of esters is 2. The number of hydrogen-bond acceptors (Lipinski definition) is 4. The van der Waals surface area contributed by atoms with E-state index in [1.54, 1.807) is 0 Å². The molecule has 0 aromatic carbocycles. The molecule has 4 heteroatoms. The van der Waals surface area contributed by atoms with Crippen molar-refractivity contribution in [3.63, 3.8) is 0 Å². The average molecular weight is 371 g/mol. The average Bonchev–Trinajstić information content (AvgIpc) is 2.47. The highest BCUT2D eigenvalue weighted by atomic mass is 16.6. The van der Waals surface area contributed by atoms with Crippen LogP contribution >= 0.6 is 0 Å². The van der Waals surface area contributed by atoms with Gasteiger partial charge < -0.3 is 9.47 Å². The smallest absolute Gasteiger partial charge is 0.323 e. The van der Waals surface area contributed by atoms with Crippen molar-refractivity contribution in [1.82, 2.24) is 0 Å². The van der Waals surface area contributed by atoms with Gasteiger partial charge in [-0.2, -0.15) is 0 Å². The minimum Gasteiger partial charge on any atom is -0.462 e. The molecule has 0 aromatic heterocycles. The van der Waals surface area contributed by atoms with Gasteiger partial charge in [0.05, 0.1) is 12.2 Å². The Hall–Kier alpha value is -1.06. The first kappa shape index (κ1) is 24.9. The first-order valence-corrected chi connectivity index (χ1v) is 10.4. The number of rotatable bonds is 13. The third-order valence-electron chi connectivity index (χ3n) is 4.49. The molecular weight excluding hydrogens is 328 g/mol. The van der Waals surface area contributed by atoms with Crippen LogP contribution in [0.4, 0.5) is 0 Å². The predicted octanol–water partition coefficient (Wildman–Crippen LogP) is 5.92. The van der Waals surface area contributed by atoms with Gasteiger partial charge in [-0.15, -0.1) is 0 Å². The highest BCUT2D eigenvalue weighted by Gasteiger charge is 2.48. The van der Waals surface area contributed by atoms with Gasteiger partial charge in [0, 0.05) is 0 Å². The number of unbranched alkanes of at least 4 members (excludes halogenated alkanes) is 1. The highest BCUT2D eigenvalue weighted by molar-refractivity contribution is 6.00. The molecule has 154 valence electrons. The Morgan fingerprint density at radius 3 is 1.42 bits per heavy atom. The molecule has 0 unspecified atom stereocenters. The van der Waals surface area contributed by atoms with E-state index in [0.717, 1.165) is 32.1 Å². The molecule has 0 radical (unpaired) electrons. The van der Waals surface area contributed by atoms with Crippen LogP contribution in [0, 0.1) is 17.3 Å². The van der Waals surface area contributed by atoms with Gasteiger partial charge in [-0.05, 0) is 52.4 Å². The molecule has 0 saturated carbocycles. The summed E-state index contributed by atoms with van der Waals surface area (Å²) >= 11 is 0. The van der Waals surface area contributed by atoms with Crippen LogP contribution in [0.3, 0.4) is 0 Å². The summed E-state index contributed by atoms with van der Waals surface area (Å²) in [4.78, 5) is 26.0. The SMILES string of the molecule is CC(C)CCCCC(CCCC(C)C)(C(=O)OC(C)C)C(=O)OC(C)C. The largest absolute Gasteiger partial charge is 0.462 e. The Morgan fingerprint density at radius 2 is 1.04 bits per heavy atom. The standard InChI is InChI=1S/C22H42O4/c1-16(2)12-9-10-14-22(15-11-13-17(3)4,20(23)25-18(5)6)21(24)26-19(7)8/h16-19H,9-15H2,1-8H3. The molecule has 0 N–H and O–H groups in total. The number of carbonyl (C=O) groups is 2. The van der Waals surface area contributed by atoms with Gasteiger partial charge in [-0.25, -0.2) is 0 Å². The lowest BCUT2D eigenvalue weighted by Crippen LogP contribution is -2.44. The van der Waals surface area contributed by atoms with Crippen LogP contribution in [-0.4, -0.2) is 24.1 Å². The molecule has 0 amide bonds. The number of ether oxygens (including phenoxy) is 2. The first-order valence-electron chi connectivity index (χ1n) is 10.4. The van der Waals surface area contributed by atoms with Crippen LogP contribution in [0.2, 0.25) is 0 Å². The zero-order valence-electron chi connectivity index (χ0n) is 18.4. The number of carbonyl (C=O) groups excluding carboxylic acids is 2. The van der Waals surface area contributed by atoms with Crippen molar-refractivity contribution in [3.8, 4) is 0 Å². The molecule has 0 spiro atoms. The van der Waals surface area contributed by atoms with Gasteiger partial charge >= 0.3 is 11.9 Å². The van der Waals surface area contributed by atoms with Crippen molar-refractivity contribution in [2.24, 2.45) is 17.3 Å². The molecule has 0 atom stereocenters. The molecular formula is C22H42O4. The second kappa shape index (κ2) is 12.3. The molecule has 26 heavy (non-hydrogen) atoms. The Morgan fingerprint density at radius 1 is 0.654 bits per heavy atom. The van der Waals surface area contributed by atoms with Crippen molar-refractivity contribution in [1.29, 1.82) is 0 Å². The van der Waals surface area contributed by atoms with Crippen molar-refractivity contribution in [2.75, 3.05) is 0 Å². The summed E-state index contributed by atoms with van der Waals surface area (Å²) in [5, 5.41) is 0. The van der Waals surface area contributed by atoms with Crippen molar-refractivity contribution < 1.29 is 19.1 Å². The summed E-state index contributed by atoms with van der Waals surface area (Å²) in [5.74, 6) is 0.337. The molecule has 0 bridgehead atoms. The van der Waals surface area contributed by atoms with Gasteiger partial charge in [0.2, 0.25) is 0 Å². The second-order valence-electron chi connectivity index (χ2n) is 8.92. The lowest BCUT2D eigenvalue weighted by atomic mass is 9.77. The van der Waals surface area contributed by atoms with E-state index >= 15 is 0 Å². The Kier molecular flexibility index (Phi) is 11.8. The quantitative estimate of drug-likeness (QED) is 0.229. The molecule has 0 aliphatic carbocycles. The summed E-state index contributed by atoms with van der Waals surface area (Å²) in [6.45, 7) is 16.0. The monoisotopic (exact) mass is 370 g/mol. The maximum atomic E-state index is 13.0. The van der Waals surface area contributed by atoms with Gasteiger partial charge in [0.15, 0.2) is 5.41 Å². The summed E-state index contributed by atoms with van der Waals surface area (Å²) in [6.07, 6.45) is 5.27. The fourth-order valence-electron chi connectivity index (χ4n) is 3.06. The Labute approximate surface area is 161 Å². The third-order valence-corrected chi connectivity index (χ3v) is 4.49. The van der Waals surface area contributed by atoms with E-state index in [1.165, 1.54) is 0 Å². The molecule has 0 aliphatic rings. The maximum absolute atomic E-state index is 13.0. The predicted molar refractivity (Wildman–Crippen MR) is 107 cm³/mol. The Balaban J connectivity index is 5.42. The van der Waals surface area contributed by atoms with Crippen molar-refractivity contribution in [3.05, 3.63) is 0 Å². The molecule has 4 nitrogen and oxygen atoms in total. The fraction of sp³-hybridized carbons (Fsp3) is 0.909. The molecule has 0 aromatic rings. The molecule has 0 fully saturated rings. The topological polar surface area (TPSA) is 52.6 Å². The van der Waals surface area contributed by atoms with Gasteiger partial charge in [0.1, 0.15) is 0 Å². The zero-order valence-corrected chi connectivity index (χ0v) is 18.4. The Bertz CT molecular complexity index is 388. The van der Waals surface area contributed by atoms with Crippen LogP contribution in [-0.2, 0) is 19.1 Å². The van der Waals surface area contributed by atoms with Crippen LogP contribution < -0.4 is 0 Å². The minimum absolute atomic E-state index is 0.241. The lowest BCUT2D eigenvalue weighted by Gasteiger charge is -2.31. The summed E-state index contributed by atoms with van der Waals surface area (Å²) < 4.78 is 11.0. The minimum atomic E-state index is -1.17. The van der Waals surface area contributed by atoms with Gasteiger partial charge in [-0.3, -0.25) is 9.59 Å². The maximum Gasteiger partial charge on any atom is 0.323 e. The van der Waals surface area contributed by atoms with Crippen LogP contribution in [0.15, 0.2) is 0 Å². The second-order valence-corrected chi connectivity index (χ2v) is 8.92. The van der Waals surface area contributed by atoms with Crippen molar-refractivity contribution in [2.45, 2.75) is 113 Å². The van der Waals surface area contributed by atoms with Crippen LogP contribution in [0.5, 0.6) is 0 Å². The molecule has 0 rings (SSSR count). The van der Waals surface area contributed by atoms with E-state index in [1.807, 2.05) is 27.7 Å². The van der Waals surface area contributed by atoms with Crippen LogP contribution in [0.25, 0.3) is 0 Å². The fourth-order valence-corrected chi connectivity index (χ4v) is 3.06. The lowest BCUT2D eigenvalue weighted by molar-refractivity contribution is -0.178. The van der Waals surface area contributed by atoms with E-state index in [0.29, 0.717) is 24.7 Å². The molecule has 0 saturated heterocycles. The highest BCUT2D eigenvalue weighted by Crippen LogP contribution is 2.36. The number of hydrogen-bond donors (Lipinski definition) is 0. The van der Waals surface area contributed by atoms with Crippen molar-refractivity contribution >= 4 is 11.9 Å². The first-order chi connectivity index (χ1) is 12.0. The van der Waals surface area contributed by atoms with E-state index in [4.69, 9.17) is 9.47 Å². The third kappa shape index (κ3) is 9.59. The van der Waals surface area contributed by atoms with E-state index in [-0.39, 0.29) is 12.2 Å². The normalized spacial score (nSPS) is 12.3. The molecule has 0 aliphatic heterocycles. The van der Waals surface area contributed by atoms with E-state index in [2.05, 4.69) is 27.7 Å². The van der Waals surface area contributed by atoms with Gasteiger partial charge in [-0.1, -0.05) is 59.8 Å². The van der Waals surface area contributed by atoms with E-state index < -0.39 is 17.4 Å². The van der Waals surface area contributed by atoms with E-state index in [9.17, 15) is 9.59 Å². The summed E-state index contributed by atoms with van der Waals surface area (Å²) in [5.41, 5.74) is -1.17. The molecule has 0 heterocycles. The summed E-state index contributed by atoms with van der Waals surface area (Å²) in [6, 6.07) is 0. The summed E-state index contributed by atoms with van der Waals surface area (Å²) in [7, 11) is 0. The van der Waals surface area contributed by atoms with Gasteiger partial charge in [0.25, 0.3) is 0 Å². The van der Waals surface area contributed by atoms with Crippen LogP contribution in [0.1, 0.15) is 100 Å².